The standard InChI is InChI=1S/C39H43FN2O12/c1-20(2)31-30(37(50)41-24-12-14-25(43)15-13-24)29(21-6-4-3-5-7-21)32(22-8-10-23(40)11-9-22)42(31)17-16-26(44)18-27(45)19-28(46)53-39-35(49)33(47)34(48)36(54-39)38(51)52/h3-15,20,26-27,33-36,39,43-45,47-49H,16-19H2,1-2H3,(H,41,50)(H,51,52)/t26-,27-,33?,34?,35?,36?,39?/m1/s1. The Hall–Kier alpha value is -5.16. The lowest BCUT2D eigenvalue weighted by molar-refractivity contribution is -0.286. The van der Waals surface area contributed by atoms with Gasteiger partial charge in [-0.05, 0) is 78.4 Å². The van der Waals surface area contributed by atoms with Gasteiger partial charge in [0, 0.05) is 23.5 Å². The van der Waals surface area contributed by atoms with Crippen LogP contribution < -0.4 is 5.32 Å². The monoisotopic (exact) mass is 750 g/mol. The average molecular weight is 751 g/mol. The number of hydrogen-bond donors (Lipinski definition) is 8. The molecule has 1 saturated heterocycles. The van der Waals surface area contributed by atoms with Gasteiger partial charge in [-0.3, -0.25) is 9.59 Å². The van der Waals surface area contributed by atoms with E-state index in [2.05, 4.69) is 5.32 Å². The SMILES string of the molecule is CC(C)c1c(C(=O)Nc2ccc(O)cc2)c(-c2ccccc2)c(-c2ccc(F)cc2)n1CC[C@@H](O)C[C@@H](O)CC(=O)OC1OC(C(=O)O)C(O)C(O)C1O. The smallest absolute Gasteiger partial charge is 0.335 e. The summed E-state index contributed by atoms with van der Waals surface area (Å²) >= 11 is 0. The van der Waals surface area contributed by atoms with Gasteiger partial charge in [0.15, 0.2) is 6.10 Å². The molecule has 4 aromatic rings. The predicted molar refractivity (Wildman–Crippen MR) is 192 cm³/mol. The highest BCUT2D eigenvalue weighted by Gasteiger charge is 2.48. The van der Waals surface area contributed by atoms with Crippen LogP contribution in [0.25, 0.3) is 22.4 Å². The van der Waals surface area contributed by atoms with E-state index in [0.29, 0.717) is 39.3 Å². The molecule has 0 spiro atoms. The number of nitrogens with zero attached hydrogens (tertiary/aromatic N) is 1. The first kappa shape index (κ1) is 40.0. The van der Waals surface area contributed by atoms with E-state index in [4.69, 9.17) is 9.47 Å². The van der Waals surface area contributed by atoms with Gasteiger partial charge in [0.1, 0.15) is 29.9 Å². The molecule has 1 fully saturated rings. The zero-order valence-corrected chi connectivity index (χ0v) is 29.4. The minimum absolute atomic E-state index is 0.0246. The summed E-state index contributed by atoms with van der Waals surface area (Å²) in [5, 5.41) is 73.7. The number of aromatic hydroxyl groups is 1. The van der Waals surface area contributed by atoms with E-state index in [-0.39, 0.29) is 31.1 Å². The summed E-state index contributed by atoms with van der Waals surface area (Å²) in [7, 11) is 0. The van der Waals surface area contributed by atoms with Crippen LogP contribution in [0.5, 0.6) is 5.75 Å². The molecule has 0 aliphatic carbocycles. The van der Waals surface area contributed by atoms with Crippen molar-refractivity contribution in [3.05, 3.63) is 95.9 Å². The zero-order chi connectivity index (χ0) is 39.3. The van der Waals surface area contributed by atoms with Crippen molar-refractivity contribution in [1.82, 2.24) is 4.57 Å². The fourth-order valence-corrected chi connectivity index (χ4v) is 6.54. The Kier molecular flexibility index (Phi) is 12.8. The number of benzene rings is 3. The van der Waals surface area contributed by atoms with Gasteiger partial charge in [-0.15, -0.1) is 0 Å². The number of carboxylic acids is 1. The van der Waals surface area contributed by atoms with E-state index in [1.54, 1.807) is 24.3 Å². The number of hydrogen-bond acceptors (Lipinski definition) is 11. The Morgan fingerprint density at radius 3 is 2.13 bits per heavy atom. The van der Waals surface area contributed by atoms with E-state index < -0.39 is 73.0 Å². The number of aliphatic hydroxyl groups excluding tert-OH is 5. The van der Waals surface area contributed by atoms with E-state index in [1.807, 2.05) is 48.7 Å². The second-order valence-corrected chi connectivity index (χ2v) is 13.4. The van der Waals surface area contributed by atoms with Crippen molar-refractivity contribution in [3.8, 4) is 28.1 Å². The number of carbonyl (C=O) groups is 3. The first-order chi connectivity index (χ1) is 25.7. The molecule has 0 bridgehead atoms. The number of anilines is 1. The number of carboxylic acid groups (broad SMARTS) is 1. The quantitative estimate of drug-likeness (QED) is 0.0686. The Morgan fingerprint density at radius 1 is 0.870 bits per heavy atom. The Bertz CT molecular complexity index is 1920. The van der Waals surface area contributed by atoms with Crippen molar-refractivity contribution in [2.45, 2.75) is 88.5 Å². The number of phenols is 1. The number of carbonyl (C=O) groups excluding carboxylic acids is 2. The van der Waals surface area contributed by atoms with Gasteiger partial charge in [-0.25, -0.2) is 9.18 Å². The maximum atomic E-state index is 14.3. The van der Waals surface area contributed by atoms with Gasteiger partial charge in [0.25, 0.3) is 5.91 Å². The van der Waals surface area contributed by atoms with Crippen LogP contribution in [0.1, 0.15) is 55.1 Å². The number of aromatic nitrogens is 1. The summed E-state index contributed by atoms with van der Waals surface area (Å²) in [6, 6.07) is 21.0. The predicted octanol–water partition coefficient (Wildman–Crippen LogP) is 3.37. The molecule has 5 unspecified atom stereocenters. The highest BCUT2D eigenvalue weighted by Crippen LogP contribution is 2.43. The summed E-state index contributed by atoms with van der Waals surface area (Å²) < 4.78 is 26.0. The van der Waals surface area contributed by atoms with Crippen LogP contribution in [0.2, 0.25) is 0 Å². The summed E-state index contributed by atoms with van der Waals surface area (Å²) in [6.07, 6.45) is -13.5. The second-order valence-electron chi connectivity index (χ2n) is 13.4. The third-order valence-corrected chi connectivity index (χ3v) is 9.08. The lowest BCUT2D eigenvalue weighted by Crippen LogP contribution is -2.60. The Labute approximate surface area is 309 Å². The minimum atomic E-state index is -1.99. The van der Waals surface area contributed by atoms with Gasteiger partial charge >= 0.3 is 11.9 Å². The molecule has 1 aliphatic rings. The molecule has 288 valence electrons. The Balaban J connectivity index is 1.41. The third kappa shape index (κ3) is 9.13. The highest BCUT2D eigenvalue weighted by atomic mass is 19.1. The first-order valence-electron chi connectivity index (χ1n) is 17.3. The second kappa shape index (κ2) is 17.3. The molecule has 0 radical (unpaired) electrons. The van der Waals surface area contributed by atoms with E-state index in [0.717, 1.165) is 0 Å². The molecule has 5 rings (SSSR count). The molecule has 2 heterocycles. The van der Waals surface area contributed by atoms with Gasteiger partial charge in [-0.1, -0.05) is 44.2 Å². The van der Waals surface area contributed by atoms with Crippen LogP contribution in [0.3, 0.4) is 0 Å². The lowest BCUT2D eigenvalue weighted by Gasteiger charge is -2.38. The molecular weight excluding hydrogens is 707 g/mol. The van der Waals surface area contributed by atoms with Gasteiger partial charge in [-0.2, -0.15) is 0 Å². The van der Waals surface area contributed by atoms with Crippen LogP contribution in [0.4, 0.5) is 10.1 Å². The maximum Gasteiger partial charge on any atom is 0.335 e. The molecule has 15 heteroatoms. The number of halogens is 1. The molecule has 7 atom stereocenters. The minimum Gasteiger partial charge on any atom is -0.508 e. The van der Waals surface area contributed by atoms with Gasteiger partial charge in [0.05, 0.1) is 29.9 Å². The summed E-state index contributed by atoms with van der Waals surface area (Å²) in [5.41, 5.74) is 3.82. The summed E-state index contributed by atoms with van der Waals surface area (Å²) in [5.74, 6) is -3.92. The van der Waals surface area contributed by atoms with Crippen molar-refractivity contribution >= 4 is 23.5 Å². The van der Waals surface area contributed by atoms with E-state index >= 15 is 0 Å². The van der Waals surface area contributed by atoms with Crippen molar-refractivity contribution < 1.29 is 64.0 Å². The number of aliphatic carboxylic acids is 1. The fraction of sp³-hybridized carbons (Fsp3) is 0.359. The molecule has 14 nitrogen and oxygen atoms in total. The van der Waals surface area contributed by atoms with Crippen LogP contribution in [0.15, 0.2) is 78.9 Å². The third-order valence-electron chi connectivity index (χ3n) is 9.08. The number of nitrogens with one attached hydrogen (secondary N) is 1. The molecule has 8 N–H and O–H groups in total. The molecule has 1 amide bonds. The topological polar surface area (TPSA) is 228 Å². The van der Waals surface area contributed by atoms with Crippen molar-refractivity contribution in [2.24, 2.45) is 0 Å². The van der Waals surface area contributed by atoms with Crippen molar-refractivity contribution in [2.75, 3.05) is 5.32 Å². The number of ether oxygens (including phenoxy) is 2. The van der Waals surface area contributed by atoms with Gasteiger partial charge < -0.3 is 55.1 Å². The molecule has 0 saturated carbocycles. The van der Waals surface area contributed by atoms with Crippen LogP contribution in [0, 0.1) is 5.82 Å². The summed E-state index contributed by atoms with van der Waals surface area (Å²) in [4.78, 5) is 38.2. The van der Waals surface area contributed by atoms with E-state index in [9.17, 15) is 54.5 Å². The molecule has 3 aromatic carbocycles. The number of esters is 1. The summed E-state index contributed by atoms with van der Waals surface area (Å²) in [6.45, 7) is 3.93. The van der Waals surface area contributed by atoms with Crippen molar-refractivity contribution in [3.63, 3.8) is 0 Å². The number of amides is 1. The number of phenolic OH excluding ortho intramolecular Hbond substituents is 1. The molecular formula is C39H43FN2O12. The normalized spacial score (nSPS) is 21.0. The lowest BCUT2D eigenvalue weighted by atomic mass is 9.94. The maximum absolute atomic E-state index is 14.3. The van der Waals surface area contributed by atoms with Crippen molar-refractivity contribution in [1.29, 1.82) is 0 Å². The van der Waals surface area contributed by atoms with Crippen LogP contribution in [-0.4, -0.2) is 101 Å². The number of rotatable bonds is 14. The Morgan fingerprint density at radius 2 is 1.52 bits per heavy atom. The molecule has 1 aromatic heterocycles. The average Bonchev–Trinajstić information content (AvgIpc) is 3.48. The van der Waals surface area contributed by atoms with Crippen LogP contribution in [-0.2, 0) is 25.6 Å². The van der Waals surface area contributed by atoms with E-state index in [1.165, 1.54) is 24.3 Å². The number of aliphatic hydroxyl groups is 5. The van der Waals surface area contributed by atoms with Gasteiger partial charge in [0.2, 0.25) is 6.29 Å². The van der Waals surface area contributed by atoms with Crippen LogP contribution >= 0.6 is 0 Å². The fourth-order valence-electron chi connectivity index (χ4n) is 6.54. The zero-order valence-electron chi connectivity index (χ0n) is 29.4. The molecule has 1 aliphatic heterocycles. The highest BCUT2D eigenvalue weighted by molar-refractivity contribution is 6.12. The largest absolute Gasteiger partial charge is 0.508 e. The molecule has 54 heavy (non-hydrogen) atoms. The first-order valence-corrected chi connectivity index (χ1v) is 17.3.